The Morgan fingerprint density at radius 2 is 2.25 bits per heavy atom. The lowest BCUT2D eigenvalue weighted by molar-refractivity contribution is -0.139. The number of hydrogen-bond donors (Lipinski definition) is 1. The SMILES string of the molecule is CCCc1cc(=O)[nH]c2nnc(SCC(=O)OCC)n12. The molecule has 8 heteroatoms. The third-order valence-corrected chi connectivity index (χ3v) is 3.49. The van der Waals surface area contributed by atoms with Gasteiger partial charge in [0.05, 0.1) is 12.4 Å². The molecule has 0 saturated carbocycles. The highest BCUT2D eigenvalue weighted by molar-refractivity contribution is 7.99. The number of aromatic nitrogens is 4. The van der Waals surface area contributed by atoms with Crippen molar-refractivity contribution in [2.75, 3.05) is 12.4 Å². The lowest BCUT2D eigenvalue weighted by Gasteiger charge is -2.05. The number of H-pyrrole nitrogens is 1. The first-order chi connectivity index (χ1) is 9.65. The van der Waals surface area contributed by atoms with Gasteiger partial charge in [0.1, 0.15) is 0 Å². The lowest BCUT2D eigenvalue weighted by atomic mass is 10.2. The summed E-state index contributed by atoms with van der Waals surface area (Å²) in [7, 11) is 0. The molecule has 0 aliphatic carbocycles. The number of nitrogens with one attached hydrogen (secondary N) is 1. The summed E-state index contributed by atoms with van der Waals surface area (Å²) in [5.41, 5.74) is 0.637. The normalized spacial score (nSPS) is 10.9. The van der Waals surface area contributed by atoms with Gasteiger partial charge in [0.15, 0.2) is 5.16 Å². The van der Waals surface area contributed by atoms with Gasteiger partial charge in [0, 0.05) is 11.8 Å². The van der Waals surface area contributed by atoms with Crippen LogP contribution < -0.4 is 5.56 Å². The van der Waals surface area contributed by atoms with E-state index in [-0.39, 0.29) is 17.3 Å². The Hall–Kier alpha value is -1.83. The zero-order valence-corrected chi connectivity index (χ0v) is 12.2. The lowest BCUT2D eigenvalue weighted by Crippen LogP contribution is -2.12. The minimum absolute atomic E-state index is 0.166. The van der Waals surface area contributed by atoms with E-state index in [4.69, 9.17) is 4.74 Å². The first kappa shape index (κ1) is 14.6. The zero-order chi connectivity index (χ0) is 14.5. The predicted octanol–water partition coefficient (Wildman–Crippen LogP) is 1.03. The molecule has 2 rings (SSSR count). The molecule has 0 saturated heterocycles. The van der Waals surface area contributed by atoms with E-state index >= 15 is 0 Å². The number of aromatic amines is 1. The average Bonchev–Trinajstić information content (AvgIpc) is 2.80. The first-order valence-electron chi connectivity index (χ1n) is 6.41. The molecule has 0 unspecified atom stereocenters. The van der Waals surface area contributed by atoms with Gasteiger partial charge in [-0.3, -0.25) is 19.0 Å². The third-order valence-electron chi connectivity index (χ3n) is 2.58. The number of ether oxygens (including phenoxy) is 1. The number of nitrogens with zero attached hydrogens (tertiary/aromatic N) is 3. The van der Waals surface area contributed by atoms with E-state index in [1.165, 1.54) is 17.8 Å². The van der Waals surface area contributed by atoms with Crippen LogP contribution in [0, 0.1) is 0 Å². The molecule has 1 N–H and O–H groups in total. The molecule has 0 radical (unpaired) electrons. The zero-order valence-electron chi connectivity index (χ0n) is 11.4. The van der Waals surface area contributed by atoms with Crippen LogP contribution in [0.5, 0.6) is 0 Å². The van der Waals surface area contributed by atoms with Gasteiger partial charge in [0.25, 0.3) is 5.56 Å². The Bertz CT molecular complexity index is 664. The highest BCUT2D eigenvalue weighted by Gasteiger charge is 2.13. The van der Waals surface area contributed by atoms with E-state index in [9.17, 15) is 9.59 Å². The van der Waals surface area contributed by atoms with Crippen molar-refractivity contribution >= 4 is 23.5 Å². The number of fused-ring (bicyclic) bond motifs is 1. The molecule has 0 amide bonds. The predicted molar refractivity (Wildman–Crippen MR) is 75.0 cm³/mol. The minimum atomic E-state index is -0.296. The Morgan fingerprint density at radius 3 is 2.95 bits per heavy atom. The van der Waals surface area contributed by atoms with Crippen LogP contribution in [0.4, 0.5) is 0 Å². The molecule has 0 atom stereocenters. The van der Waals surface area contributed by atoms with Crippen LogP contribution in [0.3, 0.4) is 0 Å². The van der Waals surface area contributed by atoms with Crippen LogP contribution in [-0.4, -0.2) is 37.9 Å². The van der Waals surface area contributed by atoms with Crippen LogP contribution in [0.15, 0.2) is 16.0 Å². The van der Waals surface area contributed by atoms with Crippen molar-refractivity contribution in [1.82, 2.24) is 19.6 Å². The molecule has 20 heavy (non-hydrogen) atoms. The largest absolute Gasteiger partial charge is 0.465 e. The van der Waals surface area contributed by atoms with Crippen LogP contribution in [-0.2, 0) is 16.0 Å². The Balaban J connectivity index is 2.30. The maximum atomic E-state index is 11.5. The quantitative estimate of drug-likeness (QED) is 0.632. The smallest absolute Gasteiger partial charge is 0.316 e. The monoisotopic (exact) mass is 296 g/mol. The average molecular weight is 296 g/mol. The van der Waals surface area contributed by atoms with Crippen molar-refractivity contribution in [2.24, 2.45) is 0 Å². The number of carbonyl (C=O) groups is 1. The summed E-state index contributed by atoms with van der Waals surface area (Å²) in [4.78, 5) is 25.5. The summed E-state index contributed by atoms with van der Waals surface area (Å²) in [5.74, 6) is 0.266. The highest BCUT2D eigenvalue weighted by atomic mass is 32.2. The molecular formula is C12H16N4O3S. The molecule has 0 bridgehead atoms. The Labute approximate surface area is 119 Å². The molecule has 2 heterocycles. The second-order valence-corrected chi connectivity index (χ2v) is 5.05. The van der Waals surface area contributed by atoms with E-state index in [2.05, 4.69) is 15.2 Å². The molecular weight excluding hydrogens is 280 g/mol. The summed E-state index contributed by atoms with van der Waals surface area (Å²) < 4.78 is 6.65. The van der Waals surface area contributed by atoms with Crippen molar-refractivity contribution in [2.45, 2.75) is 31.8 Å². The molecule has 2 aromatic heterocycles. The van der Waals surface area contributed by atoms with Gasteiger partial charge in [-0.25, -0.2) is 0 Å². The molecule has 2 aromatic rings. The van der Waals surface area contributed by atoms with Crippen LogP contribution >= 0.6 is 11.8 Å². The summed E-state index contributed by atoms with van der Waals surface area (Å²) in [6.07, 6.45) is 1.64. The molecule has 0 fully saturated rings. The number of thioether (sulfide) groups is 1. The summed E-state index contributed by atoms with van der Waals surface area (Å²) >= 11 is 1.24. The van der Waals surface area contributed by atoms with E-state index in [1.54, 1.807) is 11.3 Å². The molecule has 108 valence electrons. The van der Waals surface area contributed by atoms with Crippen molar-refractivity contribution in [1.29, 1.82) is 0 Å². The fourth-order valence-electron chi connectivity index (χ4n) is 1.83. The number of rotatable bonds is 6. The number of esters is 1. The van der Waals surface area contributed by atoms with E-state index in [1.807, 2.05) is 6.92 Å². The van der Waals surface area contributed by atoms with Gasteiger partial charge < -0.3 is 4.74 Å². The van der Waals surface area contributed by atoms with Crippen molar-refractivity contribution in [3.8, 4) is 0 Å². The Morgan fingerprint density at radius 1 is 1.45 bits per heavy atom. The molecule has 0 aromatic carbocycles. The molecule has 0 spiro atoms. The van der Waals surface area contributed by atoms with Gasteiger partial charge in [0.2, 0.25) is 5.78 Å². The van der Waals surface area contributed by atoms with Crippen molar-refractivity contribution < 1.29 is 9.53 Å². The fourth-order valence-corrected chi connectivity index (χ4v) is 2.59. The van der Waals surface area contributed by atoms with Crippen LogP contribution in [0.2, 0.25) is 0 Å². The number of carbonyl (C=O) groups excluding carboxylic acids is 1. The second kappa shape index (κ2) is 6.56. The highest BCUT2D eigenvalue weighted by Crippen LogP contribution is 2.18. The third kappa shape index (κ3) is 3.19. The summed E-state index contributed by atoms with van der Waals surface area (Å²) in [6.45, 7) is 4.15. The first-order valence-corrected chi connectivity index (χ1v) is 7.40. The maximum Gasteiger partial charge on any atom is 0.316 e. The molecule has 0 aliphatic rings. The van der Waals surface area contributed by atoms with Gasteiger partial charge in [-0.2, -0.15) is 0 Å². The molecule has 0 aliphatic heterocycles. The topological polar surface area (TPSA) is 89.4 Å². The summed E-state index contributed by atoms with van der Waals surface area (Å²) in [5, 5.41) is 8.52. The Kier molecular flexibility index (Phi) is 4.78. The summed E-state index contributed by atoms with van der Waals surface area (Å²) in [6, 6.07) is 1.54. The maximum absolute atomic E-state index is 11.5. The standard InChI is InChI=1S/C12H16N4O3S/c1-3-5-8-6-9(17)13-11-14-15-12(16(8)11)20-7-10(18)19-4-2/h6H,3-5,7H2,1-2H3,(H,13,14,17). The van der Waals surface area contributed by atoms with Gasteiger partial charge in [-0.1, -0.05) is 25.1 Å². The van der Waals surface area contributed by atoms with Gasteiger partial charge in [-0.05, 0) is 13.3 Å². The van der Waals surface area contributed by atoms with Crippen molar-refractivity contribution in [3.05, 3.63) is 22.1 Å². The van der Waals surface area contributed by atoms with Crippen molar-refractivity contribution in [3.63, 3.8) is 0 Å². The van der Waals surface area contributed by atoms with Crippen LogP contribution in [0.25, 0.3) is 5.78 Å². The second-order valence-electron chi connectivity index (χ2n) is 4.11. The molecule has 7 nitrogen and oxygen atoms in total. The van der Waals surface area contributed by atoms with Crippen LogP contribution in [0.1, 0.15) is 26.0 Å². The van der Waals surface area contributed by atoms with Gasteiger partial charge in [-0.15, -0.1) is 10.2 Å². The fraction of sp³-hybridized carbons (Fsp3) is 0.500. The number of hydrogen-bond acceptors (Lipinski definition) is 6. The van der Waals surface area contributed by atoms with Gasteiger partial charge >= 0.3 is 5.97 Å². The van der Waals surface area contributed by atoms with E-state index < -0.39 is 0 Å². The minimum Gasteiger partial charge on any atom is -0.465 e. The number of aryl methyl sites for hydroxylation is 1. The van der Waals surface area contributed by atoms with E-state index in [0.717, 1.165) is 18.5 Å². The van der Waals surface area contributed by atoms with E-state index in [0.29, 0.717) is 17.5 Å².